The number of phenols is 1. The summed E-state index contributed by atoms with van der Waals surface area (Å²) < 4.78 is 5.32. The number of carbonyl (C=O) groups excluding carboxylic acids is 3. The number of amides is 3. The molecular formula is C25H39N3O5S. The van der Waals surface area contributed by atoms with Gasteiger partial charge in [-0.15, -0.1) is 0 Å². The average molecular weight is 494 g/mol. The third kappa shape index (κ3) is 7.82. The average Bonchev–Trinajstić information content (AvgIpc) is 3.45. The Bertz CT molecular complexity index is 855. The van der Waals surface area contributed by atoms with E-state index in [9.17, 15) is 19.5 Å². The molecule has 1 fully saturated rings. The van der Waals surface area contributed by atoms with Crippen molar-refractivity contribution in [3.05, 3.63) is 29.8 Å². The van der Waals surface area contributed by atoms with Crippen LogP contribution in [-0.4, -0.2) is 57.4 Å². The Labute approximate surface area is 208 Å². The highest BCUT2D eigenvalue weighted by Gasteiger charge is 2.48. The van der Waals surface area contributed by atoms with Crippen molar-refractivity contribution in [2.75, 3.05) is 5.75 Å². The monoisotopic (exact) mass is 493 g/mol. The molecule has 8 nitrogen and oxygen atoms in total. The molecule has 34 heavy (non-hydrogen) atoms. The first-order chi connectivity index (χ1) is 15.9. The number of hydrogen-bond donors (Lipinski definition) is 4. The van der Waals surface area contributed by atoms with Crippen LogP contribution in [0.4, 0.5) is 4.79 Å². The first-order valence-corrected chi connectivity index (χ1v) is 12.5. The number of aromatic hydroxyl groups is 1. The van der Waals surface area contributed by atoms with E-state index in [-0.39, 0.29) is 35.4 Å². The van der Waals surface area contributed by atoms with E-state index in [1.165, 1.54) is 12.1 Å². The Hall–Kier alpha value is -2.42. The van der Waals surface area contributed by atoms with E-state index < -0.39 is 29.7 Å². The smallest absolute Gasteiger partial charge is 0.408 e. The molecule has 1 aromatic rings. The minimum atomic E-state index is -0.966. The molecule has 3 N–H and O–H groups in total. The van der Waals surface area contributed by atoms with E-state index in [2.05, 4.69) is 23.3 Å². The molecule has 190 valence electrons. The van der Waals surface area contributed by atoms with Crippen LogP contribution in [0, 0.1) is 5.92 Å². The molecule has 0 heterocycles. The van der Waals surface area contributed by atoms with Crippen LogP contribution in [-0.2, 0) is 14.3 Å². The van der Waals surface area contributed by atoms with Gasteiger partial charge in [0.2, 0.25) is 11.8 Å². The van der Waals surface area contributed by atoms with Crippen LogP contribution in [0.5, 0.6) is 5.75 Å². The molecule has 9 heteroatoms. The van der Waals surface area contributed by atoms with Crippen LogP contribution in [0.15, 0.2) is 24.3 Å². The predicted molar refractivity (Wildman–Crippen MR) is 135 cm³/mol. The van der Waals surface area contributed by atoms with Crippen LogP contribution < -0.4 is 10.6 Å². The zero-order valence-corrected chi connectivity index (χ0v) is 21.9. The molecule has 5 atom stereocenters. The van der Waals surface area contributed by atoms with Gasteiger partial charge in [0.25, 0.3) is 0 Å². The number of nitrogens with one attached hydrogen (secondary N) is 2. The fourth-order valence-corrected chi connectivity index (χ4v) is 4.16. The number of hydrogen-bond acceptors (Lipinski definition) is 6. The van der Waals surface area contributed by atoms with Crippen LogP contribution >= 0.6 is 12.6 Å². The quantitative estimate of drug-likeness (QED) is 0.371. The highest BCUT2D eigenvalue weighted by Crippen LogP contribution is 2.41. The molecule has 0 aliphatic heterocycles. The van der Waals surface area contributed by atoms with Gasteiger partial charge in [0.15, 0.2) is 0 Å². The van der Waals surface area contributed by atoms with Gasteiger partial charge in [-0.05, 0) is 64.2 Å². The summed E-state index contributed by atoms with van der Waals surface area (Å²) in [4.78, 5) is 41.3. The lowest BCUT2D eigenvalue weighted by Crippen LogP contribution is -2.55. The SMILES string of the molecule is CCCC(C)NC(=O)C(c1ccc(O)cc1)N(C(=O)C(CS)NC(=O)OC(C)(C)C)C1CC1C. The second-order valence-corrected chi connectivity index (χ2v) is 10.5. The van der Waals surface area contributed by atoms with Crippen molar-refractivity contribution in [1.82, 2.24) is 15.5 Å². The molecule has 2 rings (SSSR count). The van der Waals surface area contributed by atoms with Gasteiger partial charge in [-0.2, -0.15) is 12.6 Å². The van der Waals surface area contributed by atoms with Gasteiger partial charge in [-0.25, -0.2) is 4.79 Å². The summed E-state index contributed by atoms with van der Waals surface area (Å²) in [6.07, 6.45) is 1.76. The van der Waals surface area contributed by atoms with E-state index in [4.69, 9.17) is 4.74 Å². The summed E-state index contributed by atoms with van der Waals surface area (Å²) in [5.74, 6) is -0.363. The molecule has 1 aliphatic carbocycles. The van der Waals surface area contributed by atoms with Gasteiger partial charge >= 0.3 is 6.09 Å². The first kappa shape index (κ1) is 27.8. The lowest BCUT2D eigenvalue weighted by Gasteiger charge is -2.35. The topological polar surface area (TPSA) is 108 Å². The van der Waals surface area contributed by atoms with E-state index in [1.807, 2.05) is 20.8 Å². The number of alkyl carbamates (subject to hydrolysis) is 1. The Morgan fingerprint density at radius 1 is 1.21 bits per heavy atom. The third-order valence-electron chi connectivity index (χ3n) is 5.70. The standard InChI is InChI=1S/C25H39N3O5S/c1-7-8-16(3)26-22(30)21(17-9-11-18(29)12-10-17)28(20-13-15(20)2)23(31)19(14-34)27-24(32)33-25(4,5)6/h9-12,15-16,19-21,29,34H,7-8,13-14H2,1-6H3,(H,26,30)(H,27,32). The Morgan fingerprint density at radius 2 is 1.79 bits per heavy atom. The summed E-state index contributed by atoms with van der Waals surface area (Å²) in [6.45, 7) is 11.2. The highest BCUT2D eigenvalue weighted by molar-refractivity contribution is 7.80. The largest absolute Gasteiger partial charge is 0.508 e. The molecule has 0 bridgehead atoms. The Kier molecular flexibility index (Phi) is 9.67. The minimum Gasteiger partial charge on any atom is -0.508 e. The maximum atomic E-state index is 13.8. The van der Waals surface area contributed by atoms with Crippen LogP contribution in [0.1, 0.15) is 72.4 Å². The van der Waals surface area contributed by atoms with Gasteiger partial charge in [0.05, 0.1) is 0 Å². The second kappa shape index (κ2) is 11.8. The predicted octanol–water partition coefficient (Wildman–Crippen LogP) is 3.80. The highest BCUT2D eigenvalue weighted by atomic mass is 32.1. The van der Waals surface area contributed by atoms with Crippen LogP contribution in [0.3, 0.4) is 0 Å². The second-order valence-electron chi connectivity index (χ2n) is 10.1. The maximum absolute atomic E-state index is 13.8. The summed E-state index contributed by atoms with van der Waals surface area (Å²) in [6, 6.07) is 4.20. The van der Waals surface area contributed by atoms with Gasteiger partial charge in [0.1, 0.15) is 23.4 Å². The summed E-state index contributed by atoms with van der Waals surface area (Å²) in [7, 11) is 0. The van der Waals surface area contributed by atoms with Crippen molar-refractivity contribution >= 4 is 30.5 Å². The molecule has 0 radical (unpaired) electrons. The van der Waals surface area contributed by atoms with Crippen molar-refractivity contribution < 1.29 is 24.2 Å². The molecule has 0 spiro atoms. The zero-order chi connectivity index (χ0) is 25.6. The number of carbonyl (C=O) groups is 3. The molecule has 1 aromatic carbocycles. The Morgan fingerprint density at radius 3 is 2.26 bits per heavy atom. The fourth-order valence-electron chi connectivity index (χ4n) is 3.91. The first-order valence-electron chi connectivity index (χ1n) is 11.9. The molecule has 3 amide bonds. The summed E-state index contributed by atoms with van der Waals surface area (Å²) in [5, 5.41) is 15.4. The Balaban J connectivity index is 2.40. The lowest BCUT2D eigenvalue weighted by atomic mass is 10.0. The maximum Gasteiger partial charge on any atom is 0.408 e. The van der Waals surface area contributed by atoms with Gasteiger partial charge in [-0.1, -0.05) is 32.4 Å². The van der Waals surface area contributed by atoms with E-state index in [1.54, 1.807) is 37.8 Å². The zero-order valence-electron chi connectivity index (χ0n) is 21.0. The van der Waals surface area contributed by atoms with E-state index in [0.29, 0.717) is 5.56 Å². The minimum absolute atomic E-state index is 0.0475. The van der Waals surface area contributed by atoms with E-state index in [0.717, 1.165) is 19.3 Å². The number of ether oxygens (including phenoxy) is 1. The molecular weight excluding hydrogens is 454 g/mol. The lowest BCUT2D eigenvalue weighted by molar-refractivity contribution is -0.143. The van der Waals surface area contributed by atoms with Crippen molar-refractivity contribution in [3.8, 4) is 5.75 Å². The normalized spacial score (nSPS) is 20.0. The molecule has 0 aromatic heterocycles. The summed E-state index contributed by atoms with van der Waals surface area (Å²) in [5.41, 5.74) is -0.135. The molecule has 0 saturated heterocycles. The van der Waals surface area contributed by atoms with Gasteiger partial charge in [0, 0.05) is 17.8 Å². The van der Waals surface area contributed by atoms with Gasteiger partial charge in [-0.3, -0.25) is 9.59 Å². The summed E-state index contributed by atoms with van der Waals surface area (Å²) >= 11 is 4.30. The van der Waals surface area contributed by atoms with E-state index >= 15 is 0 Å². The molecule has 5 unspecified atom stereocenters. The van der Waals surface area contributed by atoms with Crippen molar-refractivity contribution in [3.63, 3.8) is 0 Å². The van der Waals surface area contributed by atoms with Gasteiger partial charge < -0.3 is 25.4 Å². The van der Waals surface area contributed by atoms with Crippen molar-refractivity contribution in [1.29, 1.82) is 0 Å². The van der Waals surface area contributed by atoms with Crippen molar-refractivity contribution in [2.24, 2.45) is 5.92 Å². The van der Waals surface area contributed by atoms with Crippen LogP contribution in [0.2, 0.25) is 0 Å². The number of phenolic OH excluding ortho intramolecular Hbond substituents is 1. The number of rotatable bonds is 10. The number of thiol groups is 1. The van der Waals surface area contributed by atoms with Crippen molar-refractivity contribution in [2.45, 2.75) is 90.6 Å². The van der Waals surface area contributed by atoms with Crippen LogP contribution in [0.25, 0.3) is 0 Å². The number of nitrogens with zero attached hydrogens (tertiary/aromatic N) is 1. The molecule has 1 aliphatic rings. The third-order valence-corrected chi connectivity index (χ3v) is 6.06. The number of benzene rings is 1. The fraction of sp³-hybridized carbons (Fsp3) is 0.640. The molecule has 1 saturated carbocycles.